The highest BCUT2D eigenvalue weighted by molar-refractivity contribution is 8.21. The highest BCUT2D eigenvalue weighted by atomic mass is 32.2. The number of carboxylic acids is 1. The standard InChI is InChI=1S/C18H30N2O5S2/c1-4-6-7-13(17(24)25-5-2)19-12(3)15(21)20-11-18(26-8-9-27-18)10-14(20)16(22)23/h12-14,19H,4-11H2,1-3H3,(H,22,23)/t12-,13-,14?/m0/s1. The lowest BCUT2D eigenvalue weighted by molar-refractivity contribution is -0.150. The zero-order valence-corrected chi connectivity index (χ0v) is 17.9. The Morgan fingerprint density at radius 1 is 1.30 bits per heavy atom. The van der Waals surface area contributed by atoms with Gasteiger partial charge in [0.05, 0.1) is 16.7 Å². The van der Waals surface area contributed by atoms with Crippen molar-refractivity contribution >= 4 is 41.4 Å². The summed E-state index contributed by atoms with van der Waals surface area (Å²) >= 11 is 3.51. The first kappa shape index (κ1) is 22.4. The minimum absolute atomic E-state index is 0.207. The summed E-state index contributed by atoms with van der Waals surface area (Å²) in [5, 5.41) is 12.7. The van der Waals surface area contributed by atoms with E-state index in [1.54, 1.807) is 37.4 Å². The average Bonchev–Trinajstić information content (AvgIpc) is 3.25. The summed E-state index contributed by atoms with van der Waals surface area (Å²) in [6.45, 7) is 6.20. The fourth-order valence-electron chi connectivity index (χ4n) is 3.54. The van der Waals surface area contributed by atoms with E-state index in [4.69, 9.17) is 4.74 Å². The summed E-state index contributed by atoms with van der Waals surface area (Å²) in [5.74, 6) is 0.371. The lowest BCUT2D eigenvalue weighted by atomic mass is 10.1. The SMILES string of the molecule is CCCC[C@H](N[C@@H](C)C(=O)N1CC2(CC1C(=O)O)SCCS2)C(=O)OCC. The first-order chi connectivity index (χ1) is 12.8. The highest BCUT2D eigenvalue weighted by Gasteiger charge is 2.52. The Kier molecular flexibility index (Phi) is 8.30. The molecule has 2 rings (SSSR count). The van der Waals surface area contributed by atoms with Crippen LogP contribution in [-0.2, 0) is 19.1 Å². The molecule has 3 atom stereocenters. The Labute approximate surface area is 169 Å². The van der Waals surface area contributed by atoms with Crippen LogP contribution in [0.15, 0.2) is 0 Å². The van der Waals surface area contributed by atoms with E-state index in [0.29, 0.717) is 19.4 Å². The molecule has 154 valence electrons. The smallest absolute Gasteiger partial charge is 0.326 e. The molecule has 0 radical (unpaired) electrons. The van der Waals surface area contributed by atoms with E-state index in [0.717, 1.165) is 24.3 Å². The van der Waals surface area contributed by atoms with Crippen molar-refractivity contribution in [3.05, 3.63) is 0 Å². The highest BCUT2D eigenvalue weighted by Crippen LogP contribution is 2.51. The quantitative estimate of drug-likeness (QED) is 0.549. The summed E-state index contributed by atoms with van der Waals surface area (Å²) < 4.78 is 4.91. The van der Waals surface area contributed by atoms with E-state index in [-0.39, 0.29) is 22.6 Å². The Hall–Kier alpha value is -0.930. The van der Waals surface area contributed by atoms with Crippen molar-refractivity contribution in [2.24, 2.45) is 0 Å². The first-order valence-corrected chi connectivity index (χ1v) is 11.5. The van der Waals surface area contributed by atoms with Crippen LogP contribution in [0.1, 0.15) is 46.5 Å². The van der Waals surface area contributed by atoms with Crippen LogP contribution in [0.5, 0.6) is 0 Å². The van der Waals surface area contributed by atoms with Gasteiger partial charge in [-0.1, -0.05) is 19.8 Å². The topological polar surface area (TPSA) is 95.9 Å². The van der Waals surface area contributed by atoms with Crippen molar-refractivity contribution in [1.82, 2.24) is 10.2 Å². The minimum Gasteiger partial charge on any atom is -0.480 e. The zero-order chi connectivity index (χ0) is 20.0. The van der Waals surface area contributed by atoms with Gasteiger partial charge < -0.3 is 14.7 Å². The predicted molar refractivity (Wildman–Crippen MR) is 108 cm³/mol. The molecule has 0 aromatic rings. The van der Waals surface area contributed by atoms with Crippen LogP contribution < -0.4 is 5.32 Å². The van der Waals surface area contributed by atoms with E-state index in [1.165, 1.54) is 4.90 Å². The summed E-state index contributed by atoms with van der Waals surface area (Å²) in [4.78, 5) is 38.4. The third-order valence-electron chi connectivity index (χ3n) is 4.91. The fraction of sp³-hybridized carbons (Fsp3) is 0.833. The van der Waals surface area contributed by atoms with E-state index in [1.807, 2.05) is 6.92 Å². The van der Waals surface area contributed by atoms with Crippen LogP contribution in [0.25, 0.3) is 0 Å². The Balaban J connectivity index is 2.06. The molecule has 0 aliphatic carbocycles. The number of hydrogen-bond acceptors (Lipinski definition) is 7. The molecule has 2 N–H and O–H groups in total. The summed E-state index contributed by atoms with van der Waals surface area (Å²) in [5.41, 5.74) is 0. The van der Waals surface area contributed by atoms with Gasteiger partial charge in [0.2, 0.25) is 5.91 Å². The lowest BCUT2D eigenvalue weighted by Gasteiger charge is -2.28. The van der Waals surface area contributed by atoms with Crippen molar-refractivity contribution in [2.45, 2.75) is 68.7 Å². The van der Waals surface area contributed by atoms with Crippen LogP contribution in [-0.4, -0.2) is 74.7 Å². The number of unbranched alkanes of at least 4 members (excludes halogenated alkanes) is 1. The zero-order valence-electron chi connectivity index (χ0n) is 16.2. The van der Waals surface area contributed by atoms with Gasteiger partial charge in [0.15, 0.2) is 0 Å². The van der Waals surface area contributed by atoms with E-state index >= 15 is 0 Å². The number of carbonyl (C=O) groups excluding carboxylic acids is 2. The number of carboxylic acid groups (broad SMARTS) is 1. The predicted octanol–water partition coefficient (Wildman–Crippen LogP) is 1.95. The molecule has 7 nitrogen and oxygen atoms in total. The Morgan fingerprint density at radius 3 is 2.52 bits per heavy atom. The van der Waals surface area contributed by atoms with Gasteiger partial charge in [0.1, 0.15) is 12.1 Å². The third-order valence-corrected chi connectivity index (χ3v) is 8.34. The summed E-state index contributed by atoms with van der Waals surface area (Å²) in [6, 6.07) is -2.01. The molecular weight excluding hydrogens is 388 g/mol. The van der Waals surface area contributed by atoms with Crippen LogP contribution in [0, 0.1) is 0 Å². The molecule has 27 heavy (non-hydrogen) atoms. The summed E-state index contributed by atoms with van der Waals surface area (Å²) in [7, 11) is 0. The second-order valence-electron chi connectivity index (χ2n) is 6.97. The van der Waals surface area contributed by atoms with Gasteiger partial charge in [-0.25, -0.2) is 4.79 Å². The normalized spacial score (nSPS) is 23.4. The number of esters is 1. The average molecular weight is 419 g/mol. The van der Waals surface area contributed by atoms with Gasteiger partial charge in [-0.2, -0.15) is 0 Å². The minimum atomic E-state index is -0.964. The number of nitrogens with one attached hydrogen (secondary N) is 1. The molecule has 0 aromatic carbocycles. The largest absolute Gasteiger partial charge is 0.480 e. The van der Waals surface area contributed by atoms with Gasteiger partial charge in [0, 0.05) is 24.5 Å². The first-order valence-electron chi connectivity index (χ1n) is 9.57. The number of rotatable bonds is 9. The van der Waals surface area contributed by atoms with Crippen molar-refractivity contribution in [3.8, 4) is 0 Å². The number of aliphatic carboxylic acids is 1. The Bertz CT molecular complexity index is 554. The number of hydrogen-bond donors (Lipinski definition) is 2. The second-order valence-corrected chi connectivity index (χ2v) is 10.2. The second kappa shape index (κ2) is 10.0. The van der Waals surface area contributed by atoms with Crippen molar-refractivity contribution < 1.29 is 24.2 Å². The number of likely N-dealkylation sites (tertiary alicyclic amines) is 1. The van der Waals surface area contributed by atoms with E-state index < -0.39 is 24.1 Å². The van der Waals surface area contributed by atoms with Crippen LogP contribution in [0.3, 0.4) is 0 Å². The molecule has 2 fully saturated rings. The maximum absolute atomic E-state index is 13.0. The van der Waals surface area contributed by atoms with Gasteiger partial charge in [0.25, 0.3) is 0 Å². The molecule has 0 bridgehead atoms. The molecular formula is C18H30N2O5S2. The van der Waals surface area contributed by atoms with E-state index in [9.17, 15) is 19.5 Å². The molecule has 1 spiro atoms. The number of carbonyl (C=O) groups is 3. The van der Waals surface area contributed by atoms with Crippen LogP contribution in [0.4, 0.5) is 0 Å². The van der Waals surface area contributed by atoms with Gasteiger partial charge >= 0.3 is 11.9 Å². The molecule has 2 aliphatic heterocycles. The van der Waals surface area contributed by atoms with Gasteiger partial charge in [-0.3, -0.25) is 14.9 Å². The maximum atomic E-state index is 13.0. The number of thioether (sulfide) groups is 2. The molecule has 2 aliphatic rings. The Morgan fingerprint density at radius 2 is 1.96 bits per heavy atom. The van der Waals surface area contributed by atoms with Crippen molar-refractivity contribution in [2.75, 3.05) is 24.7 Å². The van der Waals surface area contributed by atoms with Gasteiger partial charge in [-0.05, 0) is 20.3 Å². The lowest BCUT2D eigenvalue weighted by Crippen LogP contribution is -2.53. The number of amides is 1. The van der Waals surface area contributed by atoms with Crippen molar-refractivity contribution in [3.63, 3.8) is 0 Å². The van der Waals surface area contributed by atoms with Crippen molar-refractivity contribution in [1.29, 1.82) is 0 Å². The van der Waals surface area contributed by atoms with Crippen LogP contribution >= 0.6 is 23.5 Å². The molecule has 2 heterocycles. The molecule has 9 heteroatoms. The van der Waals surface area contributed by atoms with E-state index in [2.05, 4.69) is 5.32 Å². The maximum Gasteiger partial charge on any atom is 0.326 e. The van der Waals surface area contributed by atoms with Gasteiger partial charge in [-0.15, -0.1) is 23.5 Å². The monoisotopic (exact) mass is 418 g/mol. The fourth-order valence-corrected chi connectivity index (χ4v) is 6.80. The number of nitrogens with zero attached hydrogens (tertiary/aromatic N) is 1. The summed E-state index contributed by atoms with van der Waals surface area (Å²) in [6.07, 6.45) is 2.83. The number of ether oxygens (including phenoxy) is 1. The third kappa shape index (κ3) is 5.54. The molecule has 1 unspecified atom stereocenters. The van der Waals surface area contributed by atoms with Crippen LogP contribution in [0.2, 0.25) is 0 Å². The molecule has 0 saturated carbocycles. The molecule has 1 amide bonds. The molecule has 2 saturated heterocycles. The molecule has 0 aromatic heterocycles.